The number of rotatable bonds is 5. The van der Waals surface area contributed by atoms with Gasteiger partial charge in [-0.05, 0) is 11.6 Å². The quantitative estimate of drug-likeness (QED) is 0.363. The Labute approximate surface area is 136 Å². The number of carbonyl (C=O) groups is 2. The second kappa shape index (κ2) is 8.13. The number of amides is 2. The highest BCUT2D eigenvalue weighted by atomic mass is 16.6. The molecule has 122 valence electrons. The number of hydrogen-bond donors (Lipinski definition) is 2. The molecule has 9 nitrogen and oxygen atoms in total. The zero-order valence-electron chi connectivity index (χ0n) is 12.4. The largest absolute Gasteiger partial charge is 0.344 e. The van der Waals surface area contributed by atoms with Gasteiger partial charge in [-0.3, -0.25) is 24.7 Å². The van der Waals surface area contributed by atoms with Crippen molar-refractivity contribution >= 4 is 23.7 Å². The van der Waals surface area contributed by atoms with E-state index in [1.165, 1.54) is 24.4 Å². The van der Waals surface area contributed by atoms with Gasteiger partial charge in [0, 0.05) is 36.6 Å². The van der Waals surface area contributed by atoms with Crippen LogP contribution in [0.5, 0.6) is 0 Å². The van der Waals surface area contributed by atoms with Gasteiger partial charge >= 0.3 is 11.8 Å². The summed E-state index contributed by atoms with van der Waals surface area (Å²) < 4.78 is 0. The summed E-state index contributed by atoms with van der Waals surface area (Å²) in [4.78, 5) is 37.2. The minimum absolute atomic E-state index is 0.0977. The molecular formula is C15H13N5O4. The number of nitro benzene ring substituents is 1. The Morgan fingerprint density at radius 3 is 2.79 bits per heavy atom. The fraction of sp³-hybridized carbons (Fsp3) is 0.0667. The van der Waals surface area contributed by atoms with Crippen LogP contribution in [0.1, 0.15) is 11.1 Å². The number of nitrogens with one attached hydrogen (secondary N) is 2. The van der Waals surface area contributed by atoms with Gasteiger partial charge in [0.15, 0.2) is 0 Å². The van der Waals surface area contributed by atoms with Crippen molar-refractivity contribution in [3.63, 3.8) is 0 Å². The lowest BCUT2D eigenvalue weighted by atomic mass is 10.2. The third-order valence-electron chi connectivity index (χ3n) is 2.84. The molecule has 0 aliphatic rings. The maximum atomic E-state index is 11.6. The highest BCUT2D eigenvalue weighted by molar-refractivity contribution is 6.35. The van der Waals surface area contributed by atoms with Crippen molar-refractivity contribution in [3.05, 3.63) is 70.0 Å². The lowest BCUT2D eigenvalue weighted by Gasteiger charge is -2.03. The minimum Gasteiger partial charge on any atom is -0.344 e. The van der Waals surface area contributed by atoms with Gasteiger partial charge in [0.1, 0.15) is 0 Å². The lowest BCUT2D eigenvalue weighted by Crippen LogP contribution is -2.37. The average Bonchev–Trinajstić information content (AvgIpc) is 2.60. The number of non-ortho nitro benzene ring substituents is 1. The summed E-state index contributed by atoms with van der Waals surface area (Å²) in [5.41, 5.74) is 3.12. The summed E-state index contributed by atoms with van der Waals surface area (Å²) in [5.74, 6) is -1.80. The second-order valence-corrected chi connectivity index (χ2v) is 4.60. The zero-order valence-corrected chi connectivity index (χ0v) is 12.4. The van der Waals surface area contributed by atoms with Crippen LogP contribution >= 0.6 is 0 Å². The number of hydrogen-bond acceptors (Lipinski definition) is 6. The van der Waals surface area contributed by atoms with Crippen LogP contribution in [0.2, 0.25) is 0 Å². The number of aromatic nitrogens is 1. The maximum Gasteiger partial charge on any atom is 0.329 e. The molecule has 2 N–H and O–H groups in total. The van der Waals surface area contributed by atoms with E-state index in [-0.39, 0.29) is 12.2 Å². The topological polar surface area (TPSA) is 127 Å². The summed E-state index contributed by atoms with van der Waals surface area (Å²) in [6.45, 7) is 0.161. The van der Waals surface area contributed by atoms with Crippen LogP contribution in [0.3, 0.4) is 0 Å². The van der Waals surface area contributed by atoms with Crippen LogP contribution in [0, 0.1) is 10.1 Å². The lowest BCUT2D eigenvalue weighted by molar-refractivity contribution is -0.384. The van der Waals surface area contributed by atoms with Crippen molar-refractivity contribution < 1.29 is 14.5 Å². The van der Waals surface area contributed by atoms with Crippen molar-refractivity contribution in [1.82, 2.24) is 15.7 Å². The molecule has 0 bridgehead atoms. The molecular weight excluding hydrogens is 314 g/mol. The molecule has 1 heterocycles. The van der Waals surface area contributed by atoms with Crippen LogP contribution in [-0.4, -0.2) is 27.9 Å². The smallest absolute Gasteiger partial charge is 0.329 e. The Morgan fingerprint density at radius 1 is 1.25 bits per heavy atom. The van der Waals surface area contributed by atoms with Crippen LogP contribution < -0.4 is 10.7 Å². The van der Waals surface area contributed by atoms with E-state index in [4.69, 9.17) is 0 Å². The third-order valence-corrected chi connectivity index (χ3v) is 2.84. The number of nitrogens with zero attached hydrogens (tertiary/aromatic N) is 3. The van der Waals surface area contributed by atoms with Gasteiger partial charge in [-0.25, -0.2) is 5.43 Å². The normalized spacial score (nSPS) is 10.3. The van der Waals surface area contributed by atoms with Gasteiger partial charge < -0.3 is 5.32 Å². The Balaban J connectivity index is 1.84. The van der Waals surface area contributed by atoms with Gasteiger partial charge in [0.05, 0.1) is 11.1 Å². The van der Waals surface area contributed by atoms with E-state index in [1.54, 1.807) is 30.6 Å². The standard InChI is InChI=1S/C15H13N5O4/c21-14(17-9-12-4-2-6-16-8-12)15(22)19-18-10-11-3-1-5-13(7-11)20(23)24/h1-8,10H,9H2,(H,17,21)(H,19,22)/b18-10+. The second-order valence-electron chi connectivity index (χ2n) is 4.60. The molecule has 0 aliphatic carbocycles. The molecule has 0 saturated heterocycles. The first-order valence-corrected chi connectivity index (χ1v) is 6.81. The van der Waals surface area contributed by atoms with Crippen LogP contribution in [0.15, 0.2) is 53.9 Å². The van der Waals surface area contributed by atoms with E-state index < -0.39 is 16.7 Å². The summed E-state index contributed by atoms with van der Waals surface area (Å²) >= 11 is 0. The van der Waals surface area contributed by atoms with E-state index >= 15 is 0 Å². The molecule has 0 atom stereocenters. The summed E-state index contributed by atoms with van der Waals surface area (Å²) in [7, 11) is 0. The van der Waals surface area contributed by atoms with Crippen LogP contribution in [-0.2, 0) is 16.1 Å². The van der Waals surface area contributed by atoms with Crippen LogP contribution in [0.25, 0.3) is 0 Å². The number of carbonyl (C=O) groups excluding carboxylic acids is 2. The van der Waals surface area contributed by atoms with E-state index in [1.807, 2.05) is 5.43 Å². The third kappa shape index (κ3) is 4.98. The first-order chi connectivity index (χ1) is 11.6. The van der Waals surface area contributed by atoms with E-state index in [0.29, 0.717) is 5.56 Å². The summed E-state index contributed by atoms with van der Waals surface area (Å²) in [6, 6.07) is 9.16. The summed E-state index contributed by atoms with van der Waals surface area (Å²) in [6.07, 6.45) is 4.37. The molecule has 2 rings (SSSR count). The van der Waals surface area contributed by atoms with Crippen molar-refractivity contribution in [2.75, 3.05) is 0 Å². The molecule has 0 saturated carbocycles. The predicted octanol–water partition coefficient (Wildman–Crippen LogP) is 0.756. The molecule has 0 spiro atoms. The summed E-state index contributed by atoms with van der Waals surface area (Å²) in [5, 5.41) is 16.7. The molecule has 0 radical (unpaired) electrons. The molecule has 24 heavy (non-hydrogen) atoms. The molecule has 1 aromatic carbocycles. The van der Waals surface area contributed by atoms with E-state index in [0.717, 1.165) is 5.56 Å². The number of nitro groups is 1. The molecule has 0 fully saturated rings. The minimum atomic E-state index is -0.944. The zero-order chi connectivity index (χ0) is 17.4. The molecule has 9 heteroatoms. The number of benzene rings is 1. The first kappa shape index (κ1) is 16.7. The SMILES string of the molecule is O=C(NCc1cccnc1)C(=O)N/N=C/c1cccc([N+](=O)[O-])c1. The Hall–Kier alpha value is -3.62. The van der Waals surface area contributed by atoms with Crippen LogP contribution in [0.4, 0.5) is 5.69 Å². The van der Waals surface area contributed by atoms with Gasteiger partial charge in [-0.15, -0.1) is 0 Å². The maximum absolute atomic E-state index is 11.6. The van der Waals surface area contributed by atoms with Gasteiger partial charge in [-0.1, -0.05) is 18.2 Å². The fourth-order valence-corrected chi connectivity index (χ4v) is 1.70. The first-order valence-electron chi connectivity index (χ1n) is 6.81. The van der Waals surface area contributed by atoms with E-state index in [9.17, 15) is 19.7 Å². The highest BCUT2D eigenvalue weighted by Gasteiger charge is 2.12. The highest BCUT2D eigenvalue weighted by Crippen LogP contribution is 2.11. The van der Waals surface area contributed by atoms with Crippen molar-refractivity contribution in [3.8, 4) is 0 Å². The predicted molar refractivity (Wildman–Crippen MR) is 84.9 cm³/mol. The van der Waals surface area contributed by atoms with Crippen molar-refractivity contribution in [2.24, 2.45) is 5.10 Å². The van der Waals surface area contributed by atoms with E-state index in [2.05, 4.69) is 15.4 Å². The molecule has 0 aliphatic heterocycles. The Kier molecular flexibility index (Phi) is 5.67. The monoisotopic (exact) mass is 327 g/mol. The molecule has 0 unspecified atom stereocenters. The van der Waals surface area contributed by atoms with Gasteiger partial charge in [0.25, 0.3) is 5.69 Å². The number of hydrazone groups is 1. The average molecular weight is 327 g/mol. The van der Waals surface area contributed by atoms with Crippen molar-refractivity contribution in [2.45, 2.75) is 6.54 Å². The number of pyridine rings is 1. The van der Waals surface area contributed by atoms with Crippen molar-refractivity contribution in [1.29, 1.82) is 0 Å². The van der Waals surface area contributed by atoms with Gasteiger partial charge in [-0.2, -0.15) is 5.10 Å². The molecule has 1 aromatic heterocycles. The Bertz CT molecular complexity index is 776. The Morgan fingerprint density at radius 2 is 2.08 bits per heavy atom. The molecule has 2 amide bonds. The van der Waals surface area contributed by atoms with Gasteiger partial charge in [0.2, 0.25) is 0 Å². The molecule has 2 aromatic rings. The fourth-order valence-electron chi connectivity index (χ4n) is 1.70.